The highest BCUT2D eigenvalue weighted by Gasteiger charge is 2.38. The Morgan fingerprint density at radius 1 is 1.31 bits per heavy atom. The second kappa shape index (κ2) is 3.87. The average Bonchev–Trinajstić information content (AvgIpc) is 2.95. The lowest BCUT2D eigenvalue weighted by Crippen LogP contribution is -2.03. The Kier molecular flexibility index (Phi) is 2.36. The summed E-state index contributed by atoms with van der Waals surface area (Å²) in [5, 5.41) is 4.38. The van der Waals surface area contributed by atoms with Crippen LogP contribution in [-0.2, 0) is 0 Å². The summed E-state index contributed by atoms with van der Waals surface area (Å²) in [4.78, 5) is 4.32. The van der Waals surface area contributed by atoms with Crippen LogP contribution in [-0.4, -0.2) is 15.4 Å². The molecule has 1 aliphatic carbocycles. The van der Waals surface area contributed by atoms with Gasteiger partial charge in [-0.15, -0.1) is 0 Å². The molecule has 0 radical (unpaired) electrons. The van der Waals surface area contributed by atoms with Crippen molar-refractivity contribution in [2.24, 2.45) is 0 Å². The van der Waals surface area contributed by atoms with Gasteiger partial charge in [-0.2, -0.15) is 4.37 Å². The highest BCUT2D eigenvalue weighted by Crippen LogP contribution is 2.42. The van der Waals surface area contributed by atoms with Gasteiger partial charge in [-0.1, -0.05) is 30.3 Å². The van der Waals surface area contributed by atoms with E-state index in [1.165, 1.54) is 23.5 Å². The molecule has 1 aromatic heterocycles. The number of nitrogens with zero attached hydrogens (tertiary/aromatic N) is 2. The molecule has 82 valence electrons. The van der Waals surface area contributed by atoms with E-state index in [0.717, 1.165) is 11.0 Å². The zero-order valence-corrected chi connectivity index (χ0v) is 9.87. The van der Waals surface area contributed by atoms with Crippen LogP contribution in [0.3, 0.4) is 0 Å². The number of nitrogens with one attached hydrogen (secondary N) is 1. The van der Waals surface area contributed by atoms with Gasteiger partial charge in [-0.05, 0) is 18.9 Å². The fraction of sp³-hybridized carbons (Fsp3) is 0.333. The summed E-state index contributed by atoms with van der Waals surface area (Å²) in [5.41, 5.74) is 1.42. The van der Waals surface area contributed by atoms with Crippen LogP contribution < -0.4 is 5.32 Å². The standard InChI is InChI=1S/C12H13N3S/c1-8-13-12(16-15-8)14-11-7-10(11)9-5-3-2-4-6-9/h2-6,10-11H,7H2,1H3,(H,13,14,15)/t10-,11+/m0/s1. The normalized spacial score (nSPS) is 23.1. The molecule has 1 heterocycles. The molecule has 0 unspecified atom stereocenters. The Morgan fingerprint density at radius 3 is 2.81 bits per heavy atom. The zero-order chi connectivity index (χ0) is 11.0. The summed E-state index contributed by atoms with van der Waals surface area (Å²) in [6.45, 7) is 1.92. The third kappa shape index (κ3) is 1.93. The predicted octanol–water partition coefficient (Wildman–Crippen LogP) is 2.81. The van der Waals surface area contributed by atoms with E-state index in [9.17, 15) is 0 Å². The molecule has 3 rings (SSSR count). The van der Waals surface area contributed by atoms with E-state index in [-0.39, 0.29) is 0 Å². The van der Waals surface area contributed by atoms with E-state index in [1.54, 1.807) is 0 Å². The van der Waals surface area contributed by atoms with Gasteiger partial charge in [0.1, 0.15) is 5.82 Å². The summed E-state index contributed by atoms with van der Waals surface area (Å²) in [6.07, 6.45) is 1.20. The maximum absolute atomic E-state index is 4.32. The van der Waals surface area contributed by atoms with E-state index >= 15 is 0 Å². The van der Waals surface area contributed by atoms with Gasteiger partial charge in [0.2, 0.25) is 5.13 Å². The molecule has 1 aromatic carbocycles. The van der Waals surface area contributed by atoms with Crippen molar-refractivity contribution in [3.63, 3.8) is 0 Å². The summed E-state index contributed by atoms with van der Waals surface area (Å²) >= 11 is 1.44. The molecule has 4 heteroatoms. The first-order valence-electron chi connectivity index (χ1n) is 5.45. The molecule has 0 amide bonds. The Balaban J connectivity index is 1.65. The van der Waals surface area contributed by atoms with Crippen molar-refractivity contribution in [3.05, 3.63) is 41.7 Å². The van der Waals surface area contributed by atoms with Gasteiger partial charge in [-0.25, -0.2) is 4.98 Å². The highest BCUT2D eigenvalue weighted by molar-refractivity contribution is 7.09. The highest BCUT2D eigenvalue weighted by atomic mass is 32.1. The van der Waals surface area contributed by atoms with Crippen molar-refractivity contribution in [2.75, 3.05) is 5.32 Å². The number of aryl methyl sites for hydroxylation is 1. The van der Waals surface area contributed by atoms with E-state index in [2.05, 4.69) is 45.0 Å². The van der Waals surface area contributed by atoms with Crippen LogP contribution in [0.2, 0.25) is 0 Å². The van der Waals surface area contributed by atoms with Crippen LogP contribution in [0.1, 0.15) is 23.7 Å². The maximum atomic E-state index is 4.32. The molecule has 0 bridgehead atoms. The van der Waals surface area contributed by atoms with Gasteiger partial charge >= 0.3 is 0 Å². The van der Waals surface area contributed by atoms with E-state index in [0.29, 0.717) is 12.0 Å². The third-order valence-corrected chi connectivity index (χ3v) is 3.59. The Labute approximate surface area is 98.7 Å². The minimum atomic E-state index is 0.537. The predicted molar refractivity (Wildman–Crippen MR) is 65.9 cm³/mol. The average molecular weight is 231 g/mol. The number of hydrogen-bond donors (Lipinski definition) is 1. The molecule has 2 aromatic rings. The van der Waals surface area contributed by atoms with Crippen molar-refractivity contribution in [1.29, 1.82) is 0 Å². The first-order chi connectivity index (χ1) is 7.83. The van der Waals surface area contributed by atoms with Gasteiger partial charge in [0.15, 0.2) is 0 Å². The molecule has 1 N–H and O–H groups in total. The topological polar surface area (TPSA) is 37.8 Å². The fourth-order valence-electron chi connectivity index (χ4n) is 1.94. The quantitative estimate of drug-likeness (QED) is 0.882. The maximum Gasteiger partial charge on any atom is 0.202 e. The number of anilines is 1. The summed E-state index contributed by atoms with van der Waals surface area (Å²) < 4.78 is 4.16. The van der Waals surface area contributed by atoms with Crippen LogP contribution in [0.4, 0.5) is 5.13 Å². The fourth-order valence-corrected chi connectivity index (χ4v) is 2.57. The van der Waals surface area contributed by atoms with Crippen LogP contribution >= 0.6 is 11.5 Å². The Bertz CT molecular complexity index is 480. The SMILES string of the molecule is Cc1nsc(N[C@@H]2C[C@H]2c2ccccc2)n1. The van der Waals surface area contributed by atoms with Crippen LogP contribution in [0.15, 0.2) is 30.3 Å². The van der Waals surface area contributed by atoms with Gasteiger partial charge in [0, 0.05) is 23.5 Å². The molecule has 3 nitrogen and oxygen atoms in total. The van der Waals surface area contributed by atoms with Gasteiger partial charge in [-0.3, -0.25) is 0 Å². The van der Waals surface area contributed by atoms with E-state index in [1.807, 2.05) is 6.92 Å². The molecule has 0 spiro atoms. The lowest BCUT2D eigenvalue weighted by Gasteiger charge is -2.01. The van der Waals surface area contributed by atoms with Gasteiger partial charge < -0.3 is 5.32 Å². The van der Waals surface area contributed by atoms with E-state index in [4.69, 9.17) is 0 Å². The van der Waals surface area contributed by atoms with E-state index < -0.39 is 0 Å². The largest absolute Gasteiger partial charge is 0.357 e. The van der Waals surface area contributed by atoms with Gasteiger partial charge in [0.05, 0.1) is 0 Å². The molecular weight excluding hydrogens is 218 g/mol. The third-order valence-electron chi connectivity index (χ3n) is 2.85. The molecule has 2 atom stereocenters. The molecule has 1 aliphatic rings. The molecule has 0 aliphatic heterocycles. The minimum absolute atomic E-state index is 0.537. The summed E-state index contributed by atoms with van der Waals surface area (Å²) in [5.74, 6) is 1.50. The summed E-state index contributed by atoms with van der Waals surface area (Å²) in [6, 6.07) is 11.2. The lowest BCUT2D eigenvalue weighted by atomic mass is 10.1. The molecule has 16 heavy (non-hydrogen) atoms. The molecule has 1 saturated carbocycles. The number of rotatable bonds is 3. The van der Waals surface area contributed by atoms with Crippen molar-refractivity contribution in [3.8, 4) is 0 Å². The van der Waals surface area contributed by atoms with Crippen LogP contribution in [0, 0.1) is 6.92 Å². The molecule has 1 fully saturated rings. The van der Waals surface area contributed by atoms with Crippen molar-refractivity contribution < 1.29 is 0 Å². The van der Waals surface area contributed by atoms with Crippen LogP contribution in [0.5, 0.6) is 0 Å². The van der Waals surface area contributed by atoms with Crippen molar-refractivity contribution >= 4 is 16.7 Å². The monoisotopic (exact) mass is 231 g/mol. The Morgan fingerprint density at radius 2 is 2.12 bits per heavy atom. The van der Waals surface area contributed by atoms with Crippen molar-refractivity contribution in [1.82, 2.24) is 9.36 Å². The number of hydrogen-bond acceptors (Lipinski definition) is 4. The smallest absolute Gasteiger partial charge is 0.202 e. The minimum Gasteiger partial charge on any atom is -0.357 e. The van der Waals surface area contributed by atoms with Crippen LogP contribution in [0.25, 0.3) is 0 Å². The van der Waals surface area contributed by atoms with Gasteiger partial charge in [0.25, 0.3) is 0 Å². The molecular formula is C12H13N3S. The lowest BCUT2D eigenvalue weighted by molar-refractivity contribution is 1.03. The Hall–Kier alpha value is -1.42. The first kappa shape index (κ1) is 9.78. The summed E-state index contributed by atoms with van der Waals surface area (Å²) in [7, 11) is 0. The second-order valence-electron chi connectivity index (χ2n) is 4.15. The molecule has 0 saturated heterocycles. The zero-order valence-electron chi connectivity index (χ0n) is 9.05. The second-order valence-corrected chi connectivity index (χ2v) is 4.90. The first-order valence-corrected chi connectivity index (χ1v) is 6.22. The van der Waals surface area contributed by atoms with Crippen molar-refractivity contribution in [2.45, 2.75) is 25.3 Å². The number of benzene rings is 1. The number of aromatic nitrogens is 2.